The first-order valence-electron chi connectivity index (χ1n) is 7.92. The number of nitrogens with zero attached hydrogens (tertiary/aromatic N) is 2. The topological polar surface area (TPSA) is 77.9 Å². The number of rotatable bonds is 6. The molecule has 2 rings (SSSR count). The summed E-state index contributed by atoms with van der Waals surface area (Å²) in [5, 5.41) is 9.24. The number of hydrogen-bond acceptors (Lipinski definition) is 4. The number of likely N-dealkylation sites (tertiary alicyclic amines) is 1. The van der Waals surface area contributed by atoms with Crippen LogP contribution >= 0.6 is 0 Å². The summed E-state index contributed by atoms with van der Waals surface area (Å²) in [6.45, 7) is 3.87. The zero-order valence-electron chi connectivity index (χ0n) is 12.7. The largest absolute Gasteiger partial charge is 0.480 e. The molecule has 122 valence electrons. The van der Waals surface area contributed by atoms with Crippen molar-refractivity contribution in [2.75, 3.05) is 25.4 Å². The molecular weight excluding hydrogens is 292 g/mol. The smallest absolute Gasteiger partial charge is 0.320 e. The van der Waals surface area contributed by atoms with E-state index in [1.54, 1.807) is 4.31 Å². The Hall–Kier alpha value is -0.660. The maximum atomic E-state index is 12.2. The first kappa shape index (κ1) is 16.7. The van der Waals surface area contributed by atoms with Crippen molar-refractivity contribution in [1.82, 2.24) is 9.21 Å². The molecule has 0 bridgehead atoms. The molecule has 2 aliphatic rings. The van der Waals surface area contributed by atoms with Crippen molar-refractivity contribution in [3.8, 4) is 0 Å². The van der Waals surface area contributed by atoms with E-state index in [0.29, 0.717) is 25.9 Å². The third kappa shape index (κ3) is 3.96. The van der Waals surface area contributed by atoms with E-state index in [1.165, 1.54) is 0 Å². The van der Waals surface area contributed by atoms with E-state index < -0.39 is 16.0 Å². The highest BCUT2D eigenvalue weighted by Crippen LogP contribution is 2.27. The summed E-state index contributed by atoms with van der Waals surface area (Å²) >= 11 is 0. The fraction of sp³-hybridized carbons (Fsp3) is 0.929. The number of unbranched alkanes of at least 4 members (excludes halogenated alkanes) is 1. The number of sulfonamides is 1. The number of carboxylic acid groups (broad SMARTS) is 1. The molecule has 0 radical (unpaired) electrons. The van der Waals surface area contributed by atoms with Gasteiger partial charge in [0.1, 0.15) is 6.04 Å². The van der Waals surface area contributed by atoms with Gasteiger partial charge in [-0.2, -0.15) is 0 Å². The van der Waals surface area contributed by atoms with Crippen molar-refractivity contribution in [2.24, 2.45) is 0 Å². The molecule has 2 heterocycles. The van der Waals surface area contributed by atoms with Gasteiger partial charge < -0.3 is 5.11 Å². The number of carboxylic acids is 1. The Bertz CT molecular complexity index is 458. The van der Waals surface area contributed by atoms with Gasteiger partial charge in [-0.05, 0) is 38.6 Å². The van der Waals surface area contributed by atoms with Gasteiger partial charge in [-0.1, -0.05) is 13.3 Å². The fourth-order valence-electron chi connectivity index (χ4n) is 3.40. The Balaban J connectivity index is 1.90. The lowest BCUT2D eigenvalue weighted by molar-refractivity contribution is -0.143. The highest BCUT2D eigenvalue weighted by atomic mass is 32.2. The summed E-state index contributed by atoms with van der Waals surface area (Å²) in [6.07, 6.45) is 4.71. The SMILES string of the molecule is CCCCS(=O)(=O)N1CCC(N2CCCC2C(=O)O)CC1. The van der Waals surface area contributed by atoms with Crippen LogP contribution in [0.5, 0.6) is 0 Å². The lowest BCUT2D eigenvalue weighted by Gasteiger charge is -2.37. The number of carbonyl (C=O) groups is 1. The van der Waals surface area contributed by atoms with Crippen molar-refractivity contribution in [2.45, 2.75) is 57.5 Å². The van der Waals surface area contributed by atoms with E-state index in [1.807, 2.05) is 6.92 Å². The van der Waals surface area contributed by atoms with Crippen molar-refractivity contribution in [1.29, 1.82) is 0 Å². The molecule has 1 N–H and O–H groups in total. The van der Waals surface area contributed by atoms with Crippen LogP contribution in [-0.4, -0.2) is 66.2 Å². The molecular formula is C14H26N2O4S. The minimum absolute atomic E-state index is 0.214. The monoisotopic (exact) mass is 318 g/mol. The molecule has 0 spiro atoms. The van der Waals surface area contributed by atoms with Gasteiger partial charge in [0, 0.05) is 19.1 Å². The molecule has 2 saturated heterocycles. The van der Waals surface area contributed by atoms with Gasteiger partial charge in [0.25, 0.3) is 0 Å². The Morgan fingerprint density at radius 1 is 1.19 bits per heavy atom. The van der Waals surface area contributed by atoms with Crippen molar-refractivity contribution in [3.05, 3.63) is 0 Å². The van der Waals surface area contributed by atoms with E-state index in [9.17, 15) is 18.3 Å². The molecule has 0 aromatic heterocycles. The van der Waals surface area contributed by atoms with E-state index >= 15 is 0 Å². The molecule has 1 atom stereocenters. The average molecular weight is 318 g/mol. The minimum Gasteiger partial charge on any atom is -0.480 e. The quantitative estimate of drug-likeness (QED) is 0.794. The van der Waals surface area contributed by atoms with Crippen LogP contribution in [0.4, 0.5) is 0 Å². The zero-order chi connectivity index (χ0) is 15.5. The Morgan fingerprint density at radius 2 is 1.86 bits per heavy atom. The van der Waals surface area contributed by atoms with Gasteiger partial charge in [-0.3, -0.25) is 9.69 Å². The van der Waals surface area contributed by atoms with Gasteiger partial charge in [0.15, 0.2) is 0 Å². The molecule has 0 saturated carbocycles. The second-order valence-corrected chi connectivity index (χ2v) is 8.12. The normalized spacial score (nSPS) is 26.2. The van der Waals surface area contributed by atoms with Gasteiger partial charge in [-0.15, -0.1) is 0 Å². The van der Waals surface area contributed by atoms with Gasteiger partial charge >= 0.3 is 5.97 Å². The molecule has 1 unspecified atom stereocenters. The summed E-state index contributed by atoms with van der Waals surface area (Å²) in [6, 6.07) is -0.163. The molecule has 0 aliphatic carbocycles. The third-order valence-electron chi connectivity index (χ3n) is 4.62. The maximum absolute atomic E-state index is 12.2. The summed E-state index contributed by atoms with van der Waals surface area (Å²) in [7, 11) is -3.12. The van der Waals surface area contributed by atoms with E-state index in [0.717, 1.165) is 32.2 Å². The van der Waals surface area contributed by atoms with Crippen molar-refractivity contribution < 1.29 is 18.3 Å². The van der Waals surface area contributed by atoms with E-state index in [-0.39, 0.29) is 17.8 Å². The van der Waals surface area contributed by atoms with E-state index in [4.69, 9.17) is 0 Å². The van der Waals surface area contributed by atoms with Crippen LogP contribution in [0, 0.1) is 0 Å². The minimum atomic E-state index is -3.12. The summed E-state index contributed by atoms with van der Waals surface area (Å²) in [5.74, 6) is -0.513. The van der Waals surface area contributed by atoms with Crippen LogP contribution in [0.3, 0.4) is 0 Å². The van der Waals surface area contributed by atoms with E-state index in [2.05, 4.69) is 4.90 Å². The standard InChI is InChI=1S/C14H26N2O4S/c1-2-3-11-21(19,20)15-9-6-12(7-10-15)16-8-4-5-13(16)14(17)18/h12-13H,2-11H2,1H3,(H,17,18). The molecule has 2 aliphatic heterocycles. The fourth-order valence-corrected chi connectivity index (χ4v) is 5.08. The maximum Gasteiger partial charge on any atom is 0.320 e. The van der Waals surface area contributed by atoms with Crippen LogP contribution in [0.25, 0.3) is 0 Å². The van der Waals surface area contributed by atoms with Gasteiger partial charge in [0.2, 0.25) is 10.0 Å². The van der Waals surface area contributed by atoms with Crippen molar-refractivity contribution >= 4 is 16.0 Å². The predicted octanol–water partition coefficient (Wildman–Crippen LogP) is 1.13. The highest BCUT2D eigenvalue weighted by molar-refractivity contribution is 7.89. The van der Waals surface area contributed by atoms with Crippen LogP contribution in [0.15, 0.2) is 0 Å². The number of aliphatic carboxylic acids is 1. The second kappa shape index (κ2) is 7.07. The Morgan fingerprint density at radius 3 is 2.43 bits per heavy atom. The Labute approximate surface area is 127 Å². The predicted molar refractivity (Wildman–Crippen MR) is 80.7 cm³/mol. The van der Waals surface area contributed by atoms with Crippen molar-refractivity contribution in [3.63, 3.8) is 0 Å². The molecule has 21 heavy (non-hydrogen) atoms. The summed E-state index contributed by atoms with van der Waals surface area (Å²) < 4.78 is 25.9. The lowest BCUT2D eigenvalue weighted by atomic mass is 10.0. The molecule has 7 heteroatoms. The van der Waals surface area contributed by atoms with Gasteiger partial charge in [0.05, 0.1) is 5.75 Å². The molecule has 6 nitrogen and oxygen atoms in total. The Kier molecular flexibility index (Phi) is 5.62. The number of hydrogen-bond donors (Lipinski definition) is 1. The van der Waals surface area contributed by atoms with Gasteiger partial charge in [-0.25, -0.2) is 12.7 Å². The zero-order valence-corrected chi connectivity index (χ0v) is 13.5. The molecule has 0 aromatic rings. The number of piperidine rings is 1. The second-order valence-electron chi connectivity index (χ2n) is 6.03. The van der Waals surface area contributed by atoms with Crippen LogP contribution < -0.4 is 0 Å². The van der Waals surface area contributed by atoms with Crippen LogP contribution in [0.1, 0.15) is 45.4 Å². The molecule has 2 fully saturated rings. The summed E-state index contributed by atoms with van der Waals surface area (Å²) in [5.41, 5.74) is 0. The highest BCUT2D eigenvalue weighted by Gasteiger charge is 2.38. The third-order valence-corrected chi connectivity index (χ3v) is 6.58. The van der Waals surface area contributed by atoms with Crippen LogP contribution in [0.2, 0.25) is 0 Å². The summed E-state index contributed by atoms with van der Waals surface area (Å²) in [4.78, 5) is 13.3. The first-order valence-corrected chi connectivity index (χ1v) is 9.53. The molecule has 0 amide bonds. The van der Waals surface area contributed by atoms with Crippen LogP contribution in [-0.2, 0) is 14.8 Å². The first-order chi connectivity index (χ1) is 9.95. The lowest BCUT2D eigenvalue weighted by Crippen LogP contribution is -2.50. The molecule has 0 aromatic carbocycles. The average Bonchev–Trinajstić information content (AvgIpc) is 2.95.